The van der Waals surface area contributed by atoms with Gasteiger partial charge in [0.15, 0.2) is 0 Å². The topological polar surface area (TPSA) is 114 Å². The van der Waals surface area contributed by atoms with Crippen LogP contribution in [0.15, 0.2) is 18.2 Å². The Morgan fingerprint density at radius 3 is 2.70 bits per heavy atom. The van der Waals surface area contributed by atoms with E-state index in [2.05, 4.69) is 4.74 Å². The van der Waals surface area contributed by atoms with Gasteiger partial charge in [0.25, 0.3) is 0 Å². The molecule has 110 valence electrons. The van der Waals surface area contributed by atoms with Gasteiger partial charge in [-0.3, -0.25) is 14.9 Å². The van der Waals surface area contributed by atoms with E-state index in [0.29, 0.717) is 5.75 Å². The lowest BCUT2D eigenvalue weighted by molar-refractivity contribution is -0.385. The Kier molecular flexibility index (Phi) is 5.73. The molecule has 0 spiro atoms. The minimum atomic E-state index is -0.829. The Morgan fingerprint density at radius 2 is 2.15 bits per heavy atom. The highest BCUT2D eigenvalue weighted by Crippen LogP contribution is 2.31. The van der Waals surface area contributed by atoms with Gasteiger partial charge in [0.05, 0.1) is 25.7 Å². The molecule has 0 saturated heterocycles. The van der Waals surface area contributed by atoms with E-state index in [9.17, 15) is 14.9 Å². The summed E-state index contributed by atoms with van der Waals surface area (Å²) in [6, 6.07) is 3.33. The Bertz CT molecular complexity index is 491. The van der Waals surface area contributed by atoms with Crippen LogP contribution in [0, 0.1) is 10.1 Å². The van der Waals surface area contributed by atoms with Gasteiger partial charge in [-0.2, -0.15) is 0 Å². The number of benzene rings is 1. The van der Waals surface area contributed by atoms with Crippen LogP contribution in [0.1, 0.15) is 6.42 Å². The SMILES string of the molecule is COC(=O)C(N)CCOc1cc(OC)ccc1[N+](=O)[O-]. The number of nitro groups is 1. The second-order valence-electron chi connectivity index (χ2n) is 3.86. The summed E-state index contributed by atoms with van der Waals surface area (Å²) in [5.74, 6) is -0.0666. The molecule has 0 aromatic heterocycles. The molecule has 20 heavy (non-hydrogen) atoms. The number of nitro benzene ring substituents is 1. The molecule has 0 aliphatic rings. The number of carbonyl (C=O) groups excluding carboxylic acids is 1. The third kappa shape index (κ3) is 4.09. The van der Waals surface area contributed by atoms with Crippen molar-refractivity contribution in [2.45, 2.75) is 12.5 Å². The van der Waals surface area contributed by atoms with Crippen LogP contribution >= 0.6 is 0 Å². The number of nitrogens with zero attached hydrogens (tertiary/aromatic N) is 1. The number of hydrogen-bond donors (Lipinski definition) is 1. The average molecular weight is 284 g/mol. The van der Waals surface area contributed by atoms with E-state index in [4.69, 9.17) is 15.2 Å². The predicted octanol–water partition coefficient (Wildman–Crippen LogP) is 0.873. The molecule has 0 aliphatic heterocycles. The number of methoxy groups -OCH3 is 2. The van der Waals surface area contributed by atoms with Gasteiger partial charge < -0.3 is 19.9 Å². The van der Waals surface area contributed by atoms with Gasteiger partial charge in [-0.1, -0.05) is 0 Å². The van der Waals surface area contributed by atoms with Crippen LogP contribution in [0.5, 0.6) is 11.5 Å². The molecule has 1 unspecified atom stereocenters. The van der Waals surface area contributed by atoms with Crippen molar-refractivity contribution in [3.8, 4) is 11.5 Å². The molecule has 1 aromatic rings. The summed E-state index contributed by atoms with van der Waals surface area (Å²) >= 11 is 0. The van der Waals surface area contributed by atoms with Gasteiger partial charge in [0.1, 0.15) is 11.8 Å². The van der Waals surface area contributed by atoms with Crippen molar-refractivity contribution >= 4 is 11.7 Å². The number of carbonyl (C=O) groups is 1. The normalized spacial score (nSPS) is 11.6. The molecule has 0 amide bonds. The third-order valence-electron chi connectivity index (χ3n) is 2.55. The second kappa shape index (κ2) is 7.29. The van der Waals surface area contributed by atoms with Crippen molar-refractivity contribution in [2.24, 2.45) is 5.73 Å². The van der Waals surface area contributed by atoms with Crippen molar-refractivity contribution in [1.82, 2.24) is 0 Å². The monoisotopic (exact) mass is 284 g/mol. The molecule has 0 heterocycles. The van der Waals surface area contributed by atoms with E-state index >= 15 is 0 Å². The molecule has 1 atom stereocenters. The average Bonchev–Trinajstić information content (AvgIpc) is 2.45. The second-order valence-corrected chi connectivity index (χ2v) is 3.86. The van der Waals surface area contributed by atoms with E-state index in [-0.39, 0.29) is 24.5 Å². The lowest BCUT2D eigenvalue weighted by Crippen LogP contribution is -2.33. The molecule has 1 rings (SSSR count). The number of esters is 1. The molecule has 1 aromatic carbocycles. The fraction of sp³-hybridized carbons (Fsp3) is 0.417. The molecule has 0 fully saturated rings. The Morgan fingerprint density at radius 1 is 1.45 bits per heavy atom. The Hall–Kier alpha value is -2.35. The first-order chi connectivity index (χ1) is 9.49. The summed E-state index contributed by atoms with van der Waals surface area (Å²) in [7, 11) is 2.67. The molecule has 8 nitrogen and oxygen atoms in total. The summed E-state index contributed by atoms with van der Waals surface area (Å²) < 4.78 is 14.7. The third-order valence-corrected chi connectivity index (χ3v) is 2.55. The van der Waals surface area contributed by atoms with Gasteiger partial charge in [-0.25, -0.2) is 0 Å². The van der Waals surface area contributed by atoms with Crippen molar-refractivity contribution < 1.29 is 23.9 Å². The lowest BCUT2D eigenvalue weighted by Gasteiger charge is -2.11. The summed E-state index contributed by atoms with van der Waals surface area (Å²) in [4.78, 5) is 21.4. The molecule has 0 bridgehead atoms. The van der Waals surface area contributed by atoms with Crippen LogP contribution < -0.4 is 15.2 Å². The summed E-state index contributed by atoms with van der Waals surface area (Å²) in [6.07, 6.45) is 0.182. The highest BCUT2D eigenvalue weighted by molar-refractivity contribution is 5.75. The maximum Gasteiger partial charge on any atom is 0.322 e. The van der Waals surface area contributed by atoms with E-state index in [1.165, 1.54) is 32.4 Å². The van der Waals surface area contributed by atoms with Crippen LogP contribution in [0.4, 0.5) is 5.69 Å². The summed E-state index contributed by atoms with van der Waals surface area (Å²) in [6.45, 7) is 0.0459. The zero-order chi connectivity index (χ0) is 15.1. The molecular weight excluding hydrogens is 268 g/mol. The Labute approximate surface area is 115 Å². The maximum atomic E-state index is 11.1. The summed E-state index contributed by atoms with van der Waals surface area (Å²) in [5, 5.41) is 10.9. The van der Waals surface area contributed by atoms with E-state index in [1.807, 2.05) is 0 Å². The van der Waals surface area contributed by atoms with Crippen LogP contribution in [0.25, 0.3) is 0 Å². The zero-order valence-corrected chi connectivity index (χ0v) is 11.2. The predicted molar refractivity (Wildman–Crippen MR) is 69.8 cm³/mol. The number of rotatable bonds is 7. The van der Waals surface area contributed by atoms with E-state index in [0.717, 1.165) is 0 Å². The molecule has 0 saturated carbocycles. The molecular formula is C12H16N2O6. The number of hydrogen-bond acceptors (Lipinski definition) is 7. The van der Waals surface area contributed by atoms with Gasteiger partial charge >= 0.3 is 11.7 Å². The van der Waals surface area contributed by atoms with Crippen molar-refractivity contribution in [1.29, 1.82) is 0 Å². The minimum Gasteiger partial charge on any atom is -0.497 e. The van der Waals surface area contributed by atoms with Crippen molar-refractivity contribution in [2.75, 3.05) is 20.8 Å². The maximum absolute atomic E-state index is 11.1. The van der Waals surface area contributed by atoms with E-state index in [1.54, 1.807) is 0 Å². The van der Waals surface area contributed by atoms with Crippen LogP contribution in [-0.2, 0) is 9.53 Å². The highest BCUT2D eigenvalue weighted by atomic mass is 16.6. The highest BCUT2D eigenvalue weighted by Gasteiger charge is 2.18. The van der Waals surface area contributed by atoms with Crippen molar-refractivity contribution in [3.63, 3.8) is 0 Å². The fourth-order valence-corrected chi connectivity index (χ4v) is 1.45. The molecule has 2 N–H and O–H groups in total. The van der Waals surface area contributed by atoms with Gasteiger partial charge in [-0.05, 0) is 6.07 Å². The lowest BCUT2D eigenvalue weighted by atomic mass is 10.2. The van der Waals surface area contributed by atoms with Gasteiger partial charge in [0.2, 0.25) is 5.75 Å². The minimum absolute atomic E-state index is 0.0459. The summed E-state index contributed by atoms with van der Waals surface area (Å²) in [5.41, 5.74) is 5.35. The Balaban J connectivity index is 2.71. The quantitative estimate of drug-likeness (QED) is 0.449. The first-order valence-electron chi connectivity index (χ1n) is 5.78. The standard InChI is InChI=1S/C12H16N2O6/c1-18-8-3-4-10(14(16)17)11(7-8)20-6-5-9(13)12(15)19-2/h3-4,7,9H,5-6,13H2,1-2H3. The van der Waals surface area contributed by atoms with Crippen LogP contribution in [-0.4, -0.2) is 37.8 Å². The van der Waals surface area contributed by atoms with E-state index < -0.39 is 16.9 Å². The van der Waals surface area contributed by atoms with Crippen LogP contribution in [0.2, 0.25) is 0 Å². The molecule has 0 aliphatic carbocycles. The molecule has 0 radical (unpaired) electrons. The number of ether oxygens (including phenoxy) is 3. The first kappa shape index (κ1) is 15.7. The molecule has 8 heteroatoms. The number of nitrogens with two attached hydrogens (primary N) is 1. The first-order valence-corrected chi connectivity index (χ1v) is 5.78. The van der Waals surface area contributed by atoms with Crippen LogP contribution in [0.3, 0.4) is 0 Å². The largest absolute Gasteiger partial charge is 0.497 e. The zero-order valence-electron chi connectivity index (χ0n) is 11.2. The van der Waals surface area contributed by atoms with Gasteiger partial charge in [0, 0.05) is 18.6 Å². The van der Waals surface area contributed by atoms with Gasteiger partial charge in [-0.15, -0.1) is 0 Å². The fourth-order valence-electron chi connectivity index (χ4n) is 1.45. The van der Waals surface area contributed by atoms with Crippen molar-refractivity contribution in [3.05, 3.63) is 28.3 Å². The smallest absolute Gasteiger partial charge is 0.322 e.